The number of benzene rings is 2. The van der Waals surface area contributed by atoms with Crippen LogP contribution in [0.2, 0.25) is 0 Å². The van der Waals surface area contributed by atoms with Crippen LogP contribution in [0.3, 0.4) is 0 Å². The fourth-order valence-electron chi connectivity index (χ4n) is 4.00. The van der Waals surface area contributed by atoms with Crippen molar-refractivity contribution in [2.75, 3.05) is 13.7 Å². The van der Waals surface area contributed by atoms with Crippen LogP contribution >= 0.6 is 0 Å². The third kappa shape index (κ3) is 4.32. The molecule has 2 aromatic carbocycles. The summed E-state index contributed by atoms with van der Waals surface area (Å²) in [6.45, 7) is 2.40. The molecule has 6 nitrogen and oxygen atoms in total. The van der Waals surface area contributed by atoms with Crippen molar-refractivity contribution in [3.63, 3.8) is 0 Å². The van der Waals surface area contributed by atoms with Gasteiger partial charge in [0.05, 0.1) is 25.8 Å². The van der Waals surface area contributed by atoms with Crippen LogP contribution in [0.25, 0.3) is 11.5 Å². The minimum Gasteiger partial charge on any atom is -0.497 e. The van der Waals surface area contributed by atoms with Crippen LogP contribution < -0.4 is 9.47 Å². The van der Waals surface area contributed by atoms with Crippen LogP contribution in [0.5, 0.6) is 11.5 Å². The van der Waals surface area contributed by atoms with Gasteiger partial charge in [-0.15, -0.1) is 0 Å². The first-order valence-corrected chi connectivity index (χ1v) is 10.1. The van der Waals surface area contributed by atoms with Crippen molar-refractivity contribution in [3.8, 4) is 23.0 Å². The number of carboxylic acids is 1. The molecular formula is C24H25NO5. The van der Waals surface area contributed by atoms with E-state index in [4.69, 9.17) is 19.0 Å². The second kappa shape index (κ2) is 8.61. The number of oxazole rings is 1. The van der Waals surface area contributed by atoms with Gasteiger partial charge in [0.1, 0.15) is 17.3 Å². The Morgan fingerprint density at radius 2 is 2.10 bits per heavy atom. The number of aryl methyl sites for hydroxylation is 2. The van der Waals surface area contributed by atoms with Crippen molar-refractivity contribution >= 4 is 5.97 Å². The summed E-state index contributed by atoms with van der Waals surface area (Å²) in [7, 11) is 1.63. The van der Waals surface area contributed by atoms with Gasteiger partial charge in [0, 0.05) is 12.0 Å². The quantitative estimate of drug-likeness (QED) is 0.578. The van der Waals surface area contributed by atoms with Gasteiger partial charge in [0.25, 0.3) is 0 Å². The number of carbonyl (C=O) groups is 1. The molecule has 0 amide bonds. The number of methoxy groups -OCH3 is 1. The summed E-state index contributed by atoms with van der Waals surface area (Å²) < 4.78 is 17.0. The highest BCUT2D eigenvalue weighted by molar-refractivity contribution is 5.68. The predicted molar refractivity (Wildman–Crippen MR) is 112 cm³/mol. The smallest absolute Gasteiger partial charge is 0.303 e. The molecular weight excluding hydrogens is 382 g/mol. The fraction of sp³-hybridized carbons (Fsp3) is 0.333. The number of hydrogen-bond acceptors (Lipinski definition) is 5. The van der Waals surface area contributed by atoms with Gasteiger partial charge in [-0.05, 0) is 67.1 Å². The lowest BCUT2D eigenvalue weighted by Crippen LogP contribution is -2.04. The number of hydrogen-bond donors (Lipinski definition) is 1. The maximum absolute atomic E-state index is 11.0. The first-order chi connectivity index (χ1) is 14.5. The average molecular weight is 407 g/mol. The maximum Gasteiger partial charge on any atom is 0.303 e. The highest BCUT2D eigenvalue weighted by atomic mass is 16.5. The summed E-state index contributed by atoms with van der Waals surface area (Å²) in [5.74, 6) is 2.28. The molecule has 30 heavy (non-hydrogen) atoms. The van der Waals surface area contributed by atoms with Crippen LogP contribution in [-0.4, -0.2) is 29.8 Å². The standard InChI is InChI=1S/C24H25NO5/c1-15-22(25-24(30-15)18-4-3-5-19(13-18)28-2)10-11-29-20-8-9-21-16(12-20)6-7-17(21)14-23(26)27/h3-5,8-9,12-13,17H,6-7,10-11,14H2,1-2H3,(H,26,27). The molecule has 0 saturated carbocycles. The van der Waals surface area contributed by atoms with E-state index in [9.17, 15) is 4.79 Å². The van der Waals surface area contributed by atoms with Gasteiger partial charge in [0.2, 0.25) is 5.89 Å². The molecule has 0 saturated heterocycles. The largest absolute Gasteiger partial charge is 0.497 e. The molecule has 0 spiro atoms. The average Bonchev–Trinajstić information content (AvgIpc) is 3.31. The van der Waals surface area contributed by atoms with Gasteiger partial charge in [0.15, 0.2) is 0 Å². The van der Waals surface area contributed by atoms with Crippen molar-refractivity contribution in [3.05, 3.63) is 65.0 Å². The van der Waals surface area contributed by atoms with Gasteiger partial charge < -0.3 is 19.0 Å². The second-order valence-corrected chi connectivity index (χ2v) is 7.55. The Bertz CT molecular complexity index is 1060. The Kier molecular flexibility index (Phi) is 5.74. The normalized spacial score (nSPS) is 15.1. The molecule has 1 N–H and O–H groups in total. The Morgan fingerprint density at radius 1 is 1.23 bits per heavy atom. The monoisotopic (exact) mass is 407 g/mol. The molecule has 1 atom stereocenters. The molecule has 0 radical (unpaired) electrons. The minimum atomic E-state index is -0.746. The Morgan fingerprint density at radius 3 is 2.90 bits per heavy atom. The number of fused-ring (bicyclic) bond motifs is 1. The molecule has 0 fully saturated rings. The van der Waals surface area contributed by atoms with Crippen molar-refractivity contribution in [1.82, 2.24) is 4.98 Å². The summed E-state index contributed by atoms with van der Waals surface area (Å²) in [6, 6.07) is 13.6. The minimum absolute atomic E-state index is 0.111. The first-order valence-electron chi connectivity index (χ1n) is 10.1. The van der Waals surface area contributed by atoms with Crippen molar-refractivity contribution in [2.45, 2.75) is 38.5 Å². The zero-order valence-electron chi connectivity index (χ0n) is 17.2. The summed E-state index contributed by atoms with van der Waals surface area (Å²) in [5.41, 5.74) is 4.08. The lowest BCUT2D eigenvalue weighted by Gasteiger charge is -2.10. The van der Waals surface area contributed by atoms with Crippen LogP contribution in [0.4, 0.5) is 0 Å². The molecule has 3 aromatic rings. The SMILES string of the molecule is COc1cccc(-c2nc(CCOc3ccc4c(c3)CCC4CC(=O)O)c(C)o2)c1. The third-order valence-electron chi connectivity index (χ3n) is 5.55. The topological polar surface area (TPSA) is 81.8 Å². The zero-order chi connectivity index (χ0) is 21.1. The summed E-state index contributed by atoms with van der Waals surface area (Å²) >= 11 is 0. The van der Waals surface area contributed by atoms with Crippen LogP contribution in [-0.2, 0) is 17.6 Å². The Balaban J connectivity index is 1.38. The highest BCUT2D eigenvalue weighted by Gasteiger charge is 2.25. The van der Waals surface area contributed by atoms with Crippen molar-refractivity contribution in [1.29, 1.82) is 0 Å². The van der Waals surface area contributed by atoms with Crippen LogP contribution in [0.1, 0.15) is 41.3 Å². The molecule has 0 bridgehead atoms. The predicted octanol–water partition coefficient (Wildman–Crippen LogP) is 4.78. The highest BCUT2D eigenvalue weighted by Crippen LogP contribution is 2.37. The molecule has 156 valence electrons. The molecule has 0 aliphatic heterocycles. The number of aromatic nitrogens is 1. The van der Waals surface area contributed by atoms with E-state index in [1.165, 1.54) is 5.56 Å². The molecule has 1 unspecified atom stereocenters. The Hall–Kier alpha value is -3.28. The number of nitrogens with zero attached hydrogens (tertiary/aromatic N) is 1. The third-order valence-corrected chi connectivity index (χ3v) is 5.55. The zero-order valence-corrected chi connectivity index (χ0v) is 17.2. The number of aliphatic carboxylic acids is 1. The van der Waals surface area contributed by atoms with E-state index >= 15 is 0 Å². The van der Waals surface area contributed by atoms with Gasteiger partial charge in [-0.25, -0.2) is 4.98 Å². The summed E-state index contributed by atoms with van der Waals surface area (Å²) in [6.07, 6.45) is 2.61. The van der Waals surface area contributed by atoms with E-state index in [-0.39, 0.29) is 12.3 Å². The van der Waals surface area contributed by atoms with E-state index in [2.05, 4.69) is 4.98 Å². The maximum atomic E-state index is 11.0. The molecule has 1 aromatic heterocycles. The molecule has 1 aliphatic rings. The summed E-state index contributed by atoms with van der Waals surface area (Å²) in [5, 5.41) is 9.06. The second-order valence-electron chi connectivity index (χ2n) is 7.55. The lowest BCUT2D eigenvalue weighted by atomic mass is 9.98. The number of rotatable bonds is 8. The van der Waals surface area contributed by atoms with Crippen molar-refractivity contribution < 1.29 is 23.8 Å². The van der Waals surface area contributed by atoms with Crippen LogP contribution in [0, 0.1) is 6.92 Å². The van der Waals surface area contributed by atoms with E-state index in [1.54, 1.807) is 7.11 Å². The summed E-state index contributed by atoms with van der Waals surface area (Å²) in [4.78, 5) is 15.6. The molecule has 4 rings (SSSR count). The first kappa shape index (κ1) is 20.0. The van der Waals surface area contributed by atoms with Gasteiger partial charge in [-0.3, -0.25) is 4.79 Å². The molecule has 1 aliphatic carbocycles. The number of ether oxygens (including phenoxy) is 2. The Labute approximate surface area is 175 Å². The van der Waals surface area contributed by atoms with Gasteiger partial charge >= 0.3 is 5.97 Å². The van der Waals surface area contributed by atoms with E-state index < -0.39 is 5.97 Å². The lowest BCUT2D eigenvalue weighted by molar-refractivity contribution is -0.137. The number of carboxylic acid groups (broad SMARTS) is 1. The fourth-order valence-corrected chi connectivity index (χ4v) is 4.00. The van der Waals surface area contributed by atoms with E-state index in [0.717, 1.165) is 46.9 Å². The van der Waals surface area contributed by atoms with Crippen LogP contribution in [0.15, 0.2) is 46.9 Å². The van der Waals surface area contributed by atoms with Crippen molar-refractivity contribution in [2.24, 2.45) is 0 Å². The van der Waals surface area contributed by atoms with Gasteiger partial charge in [-0.2, -0.15) is 0 Å². The van der Waals surface area contributed by atoms with E-state index in [1.807, 2.05) is 49.4 Å². The van der Waals surface area contributed by atoms with E-state index in [0.29, 0.717) is 18.9 Å². The molecule has 1 heterocycles. The molecule has 6 heteroatoms. The van der Waals surface area contributed by atoms with Gasteiger partial charge in [-0.1, -0.05) is 12.1 Å².